The van der Waals surface area contributed by atoms with Crippen LogP contribution in [0.3, 0.4) is 0 Å². The molecular weight excluding hydrogens is 91.4 g/mol. The van der Waals surface area contributed by atoms with Crippen LogP contribution in [0.4, 0.5) is 0 Å². The second-order valence-corrected chi connectivity index (χ2v) is 0. The molecule has 0 amide bonds. The van der Waals surface area contributed by atoms with Crippen molar-refractivity contribution < 1.29 is 0 Å². The fourth-order valence-electron chi connectivity index (χ4n) is 0. The molecule has 0 aliphatic rings. The molecule has 7 radical (unpaired) electrons. The van der Waals surface area contributed by atoms with Crippen LogP contribution in [-0.2, 0) is 0 Å². The maximum atomic E-state index is 0. The van der Waals surface area contributed by atoms with Crippen LogP contribution < -0.4 is 0 Å². The normalized spacial score (nSPS) is 0. The van der Waals surface area contributed by atoms with E-state index in [1.54, 1.807) is 0 Å². The van der Waals surface area contributed by atoms with Gasteiger partial charge in [-0.05, 0) is 0 Å². The van der Waals surface area contributed by atoms with Crippen molar-refractivity contribution in [3.63, 3.8) is 0 Å². The summed E-state index contributed by atoms with van der Waals surface area (Å²) in [6.07, 6.45) is 0. The molecule has 0 aromatic carbocycles. The van der Waals surface area contributed by atoms with Crippen molar-refractivity contribution >= 4 is 66.4 Å². The van der Waals surface area contributed by atoms with Crippen molar-refractivity contribution in [2.45, 2.75) is 0 Å². The van der Waals surface area contributed by atoms with Gasteiger partial charge in [0, 0.05) is 52.9 Å². The first kappa shape index (κ1) is 38.7. The van der Waals surface area contributed by atoms with Crippen LogP contribution >= 0.6 is 13.5 Å². The standard InChI is InChI=1S/Li.Mg.H2S.Si/h;;1H2;. The van der Waals surface area contributed by atoms with Crippen LogP contribution in [0.1, 0.15) is 0 Å². The molecule has 0 aromatic heterocycles. The molecule has 0 fully saturated rings. The Kier molecular flexibility index (Phi) is 198. The van der Waals surface area contributed by atoms with Gasteiger partial charge in [-0.3, -0.25) is 0 Å². The zero-order valence-electron chi connectivity index (χ0n) is 2.71. The minimum atomic E-state index is 0. The summed E-state index contributed by atoms with van der Waals surface area (Å²) in [5, 5.41) is 0. The monoisotopic (exact) mass is 93.0 g/mol. The summed E-state index contributed by atoms with van der Waals surface area (Å²) in [4.78, 5) is 0. The van der Waals surface area contributed by atoms with Gasteiger partial charge in [-0.15, -0.1) is 0 Å². The minimum Gasteiger partial charge on any atom is -0.197 e. The summed E-state index contributed by atoms with van der Waals surface area (Å²) >= 11 is 0. The zero-order chi connectivity index (χ0) is 0. The predicted molar refractivity (Wildman–Crippen MR) is 27.6 cm³/mol. The quantitative estimate of drug-likeness (QED) is 0.336. The van der Waals surface area contributed by atoms with Crippen LogP contribution in [0.2, 0.25) is 0 Å². The van der Waals surface area contributed by atoms with Crippen molar-refractivity contribution in [2.75, 3.05) is 0 Å². The topological polar surface area (TPSA) is 0 Å². The third-order valence-corrected chi connectivity index (χ3v) is 0. The molecular formula is H2LiMgSSi. The summed E-state index contributed by atoms with van der Waals surface area (Å²) in [5.74, 6) is 0. The molecule has 0 aliphatic carbocycles. The molecule has 0 aliphatic heterocycles. The smallest absolute Gasteiger partial charge is 0 e. The van der Waals surface area contributed by atoms with Crippen LogP contribution in [-0.4, -0.2) is 52.9 Å². The number of rotatable bonds is 0. The van der Waals surface area contributed by atoms with E-state index in [-0.39, 0.29) is 66.4 Å². The van der Waals surface area contributed by atoms with Crippen LogP contribution in [0.25, 0.3) is 0 Å². The Balaban J connectivity index is 0. The first-order chi connectivity index (χ1) is 0. The van der Waals surface area contributed by atoms with Gasteiger partial charge in [-0.25, -0.2) is 0 Å². The van der Waals surface area contributed by atoms with Crippen LogP contribution in [0.5, 0.6) is 0 Å². The summed E-state index contributed by atoms with van der Waals surface area (Å²) in [5.41, 5.74) is 0. The largest absolute Gasteiger partial charge is 0.197 e. The molecule has 0 unspecified atom stereocenters. The Morgan fingerprint density at radius 2 is 1.00 bits per heavy atom. The average Bonchev–Trinajstić information content (AvgIpc) is 0. The van der Waals surface area contributed by atoms with Gasteiger partial charge in [0.2, 0.25) is 0 Å². The SMILES string of the molecule is S.[Li].[Mg].[Si]. The van der Waals surface area contributed by atoms with Crippen molar-refractivity contribution in [2.24, 2.45) is 0 Å². The van der Waals surface area contributed by atoms with E-state index in [9.17, 15) is 0 Å². The van der Waals surface area contributed by atoms with Gasteiger partial charge in [0.25, 0.3) is 0 Å². The zero-order valence-corrected chi connectivity index (χ0v) is 6.12. The first-order valence-electron chi connectivity index (χ1n) is 0. The summed E-state index contributed by atoms with van der Waals surface area (Å²) < 4.78 is 0. The molecule has 0 spiro atoms. The van der Waals surface area contributed by atoms with Crippen molar-refractivity contribution in [1.29, 1.82) is 0 Å². The predicted octanol–water partition coefficient (Wildman–Crippen LogP) is -1.03. The van der Waals surface area contributed by atoms with Gasteiger partial charge in [0.15, 0.2) is 0 Å². The first-order valence-corrected chi connectivity index (χ1v) is 0. The van der Waals surface area contributed by atoms with Gasteiger partial charge in [0.05, 0.1) is 0 Å². The third kappa shape index (κ3) is 9.06. The van der Waals surface area contributed by atoms with E-state index >= 15 is 0 Å². The van der Waals surface area contributed by atoms with Crippen LogP contribution in [0.15, 0.2) is 0 Å². The molecule has 15 valence electrons. The Labute approximate surface area is 65.9 Å². The Hall–Kier alpha value is 1.93. The number of hydrogen-bond donors (Lipinski definition) is 0. The fourth-order valence-corrected chi connectivity index (χ4v) is 0. The number of hydrogen-bond acceptors (Lipinski definition) is 0. The van der Waals surface area contributed by atoms with E-state index in [1.807, 2.05) is 0 Å². The van der Waals surface area contributed by atoms with Gasteiger partial charge in [-0.2, -0.15) is 13.5 Å². The Morgan fingerprint density at radius 3 is 1.00 bits per heavy atom. The van der Waals surface area contributed by atoms with E-state index in [4.69, 9.17) is 0 Å². The summed E-state index contributed by atoms with van der Waals surface area (Å²) in [7, 11) is 0. The van der Waals surface area contributed by atoms with E-state index in [1.165, 1.54) is 0 Å². The third-order valence-electron chi connectivity index (χ3n) is 0. The maximum absolute atomic E-state index is 0. The molecule has 0 bridgehead atoms. The van der Waals surface area contributed by atoms with E-state index in [2.05, 4.69) is 0 Å². The molecule has 0 rings (SSSR count). The second kappa shape index (κ2) is 20.4. The maximum Gasteiger partial charge on any atom is 0 e. The molecule has 0 saturated heterocycles. The van der Waals surface area contributed by atoms with E-state index in [0.29, 0.717) is 0 Å². The molecule has 0 nitrogen and oxygen atoms in total. The van der Waals surface area contributed by atoms with Gasteiger partial charge < -0.3 is 0 Å². The molecule has 4 heavy (non-hydrogen) atoms. The van der Waals surface area contributed by atoms with Crippen molar-refractivity contribution in [3.8, 4) is 0 Å². The second-order valence-electron chi connectivity index (χ2n) is 0. The molecule has 0 N–H and O–H groups in total. The van der Waals surface area contributed by atoms with Gasteiger partial charge in [-0.1, -0.05) is 0 Å². The van der Waals surface area contributed by atoms with Crippen molar-refractivity contribution in [3.05, 3.63) is 0 Å². The van der Waals surface area contributed by atoms with Crippen LogP contribution in [0, 0.1) is 0 Å². The van der Waals surface area contributed by atoms with E-state index < -0.39 is 0 Å². The summed E-state index contributed by atoms with van der Waals surface area (Å²) in [6, 6.07) is 0. The van der Waals surface area contributed by atoms with E-state index in [0.717, 1.165) is 0 Å². The van der Waals surface area contributed by atoms with Crippen molar-refractivity contribution in [1.82, 2.24) is 0 Å². The molecule has 0 atom stereocenters. The molecule has 0 saturated carbocycles. The average molecular weight is 93.4 g/mol. The fraction of sp³-hybridized carbons (Fsp3) is 0. The Morgan fingerprint density at radius 1 is 1.00 bits per heavy atom. The molecule has 0 heterocycles. The molecule has 0 aromatic rings. The van der Waals surface area contributed by atoms with Gasteiger partial charge in [0.1, 0.15) is 0 Å². The molecule has 4 heteroatoms. The Bertz CT molecular complexity index is 8.00. The van der Waals surface area contributed by atoms with Gasteiger partial charge >= 0.3 is 0 Å². The minimum absolute atomic E-state index is 0. The summed E-state index contributed by atoms with van der Waals surface area (Å²) in [6.45, 7) is 0.